The summed E-state index contributed by atoms with van der Waals surface area (Å²) in [7, 11) is 1.22. The second kappa shape index (κ2) is 9.88. The van der Waals surface area contributed by atoms with Gasteiger partial charge in [-0.15, -0.1) is 0 Å². The van der Waals surface area contributed by atoms with Crippen molar-refractivity contribution < 1.29 is 29.0 Å². The SMILES string of the molecule is COC(=O)C1=C(Nc2cccc(C(=O)Nc3cccc(C(C)=O)c3)c2)C(=O)N(CCO)C1. The number of esters is 1. The number of carbonyl (C=O) groups excluding carboxylic acids is 4. The Hall–Kier alpha value is -3.98. The zero-order chi connectivity index (χ0) is 23.3. The topological polar surface area (TPSA) is 125 Å². The number of anilines is 2. The zero-order valence-electron chi connectivity index (χ0n) is 17.7. The third-order valence-corrected chi connectivity index (χ3v) is 4.87. The Kier molecular flexibility index (Phi) is 7.01. The van der Waals surface area contributed by atoms with E-state index in [-0.39, 0.29) is 36.7 Å². The van der Waals surface area contributed by atoms with E-state index in [9.17, 15) is 19.2 Å². The first-order valence-corrected chi connectivity index (χ1v) is 9.85. The van der Waals surface area contributed by atoms with Gasteiger partial charge in [0.25, 0.3) is 11.8 Å². The summed E-state index contributed by atoms with van der Waals surface area (Å²) in [6, 6.07) is 13.0. The number of carbonyl (C=O) groups is 4. The lowest BCUT2D eigenvalue weighted by Gasteiger charge is -2.15. The minimum absolute atomic E-state index is 0.0149. The van der Waals surface area contributed by atoms with Crippen molar-refractivity contribution in [3.63, 3.8) is 0 Å². The third-order valence-electron chi connectivity index (χ3n) is 4.87. The average Bonchev–Trinajstić information content (AvgIpc) is 3.09. The molecule has 32 heavy (non-hydrogen) atoms. The van der Waals surface area contributed by atoms with Crippen LogP contribution in [0.5, 0.6) is 0 Å². The van der Waals surface area contributed by atoms with E-state index >= 15 is 0 Å². The second-order valence-electron chi connectivity index (χ2n) is 7.09. The molecule has 0 radical (unpaired) electrons. The van der Waals surface area contributed by atoms with Crippen LogP contribution in [-0.2, 0) is 14.3 Å². The summed E-state index contributed by atoms with van der Waals surface area (Å²) in [5.74, 6) is -1.62. The van der Waals surface area contributed by atoms with E-state index in [1.54, 1.807) is 42.5 Å². The Bertz CT molecular complexity index is 1110. The molecular weight excluding hydrogens is 414 g/mol. The van der Waals surface area contributed by atoms with Gasteiger partial charge in [0.1, 0.15) is 5.70 Å². The van der Waals surface area contributed by atoms with Crippen LogP contribution >= 0.6 is 0 Å². The van der Waals surface area contributed by atoms with Crippen LogP contribution in [0.25, 0.3) is 0 Å². The molecule has 0 aromatic heterocycles. The molecule has 0 unspecified atom stereocenters. The molecule has 0 atom stereocenters. The fraction of sp³-hybridized carbons (Fsp3) is 0.217. The number of methoxy groups -OCH3 is 1. The average molecular weight is 437 g/mol. The molecule has 0 aliphatic carbocycles. The van der Waals surface area contributed by atoms with E-state index < -0.39 is 17.8 Å². The highest BCUT2D eigenvalue weighted by molar-refractivity contribution is 6.09. The molecule has 0 fully saturated rings. The second-order valence-corrected chi connectivity index (χ2v) is 7.09. The molecule has 3 rings (SSSR count). The standard InChI is InChI=1S/C23H23N3O6/c1-14(28)15-5-3-8-18(11-15)25-21(29)16-6-4-7-17(12-16)24-20-19(23(31)32-2)13-26(9-10-27)22(20)30/h3-8,11-12,24,27H,9-10,13H2,1-2H3,(H,25,29). The van der Waals surface area contributed by atoms with Crippen LogP contribution in [0.2, 0.25) is 0 Å². The molecule has 0 saturated carbocycles. The van der Waals surface area contributed by atoms with Crippen LogP contribution in [0.4, 0.5) is 11.4 Å². The number of hydrogen-bond donors (Lipinski definition) is 3. The van der Waals surface area contributed by atoms with Crippen LogP contribution in [0.15, 0.2) is 59.8 Å². The lowest BCUT2D eigenvalue weighted by molar-refractivity contribution is -0.136. The Morgan fingerprint density at radius 1 is 1.06 bits per heavy atom. The van der Waals surface area contributed by atoms with E-state index in [1.165, 1.54) is 25.0 Å². The van der Waals surface area contributed by atoms with Crippen molar-refractivity contribution in [1.82, 2.24) is 4.90 Å². The highest BCUT2D eigenvalue weighted by Crippen LogP contribution is 2.23. The summed E-state index contributed by atoms with van der Waals surface area (Å²) in [6.07, 6.45) is 0. The van der Waals surface area contributed by atoms with Crippen molar-refractivity contribution in [2.45, 2.75) is 6.92 Å². The molecule has 1 heterocycles. The maximum atomic E-state index is 12.7. The molecule has 1 aliphatic heterocycles. The maximum Gasteiger partial charge on any atom is 0.337 e. The minimum atomic E-state index is -0.652. The predicted molar refractivity (Wildman–Crippen MR) is 117 cm³/mol. The quantitative estimate of drug-likeness (QED) is 0.425. The Balaban J connectivity index is 1.81. The molecule has 0 spiro atoms. The van der Waals surface area contributed by atoms with Crippen molar-refractivity contribution in [3.05, 3.63) is 70.9 Å². The van der Waals surface area contributed by atoms with Crippen LogP contribution in [0, 0.1) is 0 Å². The molecule has 2 amide bonds. The lowest BCUT2D eigenvalue weighted by Crippen LogP contribution is -2.31. The fourth-order valence-corrected chi connectivity index (χ4v) is 3.25. The summed E-state index contributed by atoms with van der Waals surface area (Å²) >= 11 is 0. The van der Waals surface area contributed by atoms with Crippen molar-refractivity contribution >= 4 is 34.9 Å². The minimum Gasteiger partial charge on any atom is -0.466 e. The van der Waals surface area contributed by atoms with E-state index in [0.29, 0.717) is 22.5 Å². The monoisotopic (exact) mass is 437 g/mol. The van der Waals surface area contributed by atoms with Gasteiger partial charge in [-0.25, -0.2) is 4.79 Å². The number of benzene rings is 2. The Labute approximate surface area is 184 Å². The van der Waals surface area contributed by atoms with Gasteiger partial charge < -0.3 is 25.4 Å². The van der Waals surface area contributed by atoms with Crippen LogP contribution in [-0.4, -0.2) is 60.4 Å². The number of aliphatic hydroxyl groups excluding tert-OH is 1. The number of ether oxygens (including phenoxy) is 1. The highest BCUT2D eigenvalue weighted by atomic mass is 16.5. The fourth-order valence-electron chi connectivity index (χ4n) is 3.25. The molecule has 3 N–H and O–H groups in total. The number of aliphatic hydroxyl groups is 1. The Morgan fingerprint density at radius 2 is 1.72 bits per heavy atom. The smallest absolute Gasteiger partial charge is 0.337 e. The molecule has 1 aliphatic rings. The van der Waals surface area contributed by atoms with E-state index in [2.05, 4.69) is 10.6 Å². The van der Waals surface area contributed by atoms with E-state index in [4.69, 9.17) is 9.84 Å². The van der Waals surface area contributed by atoms with Crippen molar-refractivity contribution in [2.75, 3.05) is 37.4 Å². The zero-order valence-corrected chi connectivity index (χ0v) is 17.7. The van der Waals surface area contributed by atoms with Gasteiger partial charge in [-0.05, 0) is 37.3 Å². The number of Topliss-reactive ketones (excluding diaryl/α,β-unsaturated/α-hetero) is 1. The van der Waals surface area contributed by atoms with Gasteiger partial charge in [-0.2, -0.15) is 0 Å². The normalized spacial score (nSPS) is 13.2. The van der Waals surface area contributed by atoms with E-state index in [0.717, 1.165) is 0 Å². The number of ketones is 1. The van der Waals surface area contributed by atoms with Crippen LogP contribution in [0.1, 0.15) is 27.6 Å². The highest BCUT2D eigenvalue weighted by Gasteiger charge is 2.34. The number of rotatable bonds is 8. The van der Waals surface area contributed by atoms with Gasteiger partial charge in [0.2, 0.25) is 0 Å². The summed E-state index contributed by atoms with van der Waals surface area (Å²) in [5.41, 5.74) is 1.86. The summed E-state index contributed by atoms with van der Waals surface area (Å²) in [4.78, 5) is 50.3. The first-order valence-electron chi connectivity index (χ1n) is 9.85. The van der Waals surface area contributed by atoms with Gasteiger partial charge >= 0.3 is 5.97 Å². The molecular formula is C23H23N3O6. The molecule has 9 heteroatoms. The number of amides is 2. The lowest BCUT2D eigenvalue weighted by atomic mass is 10.1. The summed E-state index contributed by atoms with van der Waals surface area (Å²) in [6.45, 7) is 1.29. The predicted octanol–water partition coefficient (Wildman–Crippen LogP) is 1.81. The number of nitrogens with zero attached hydrogens (tertiary/aromatic N) is 1. The summed E-state index contributed by atoms with van der Waals surface area (Å²) < 4.78 is 4.77. The largest absolute Gasteiger partial charge is 0.466 e. The van der Waals surface area contributed by atoms with E-state index in [1.807, 2.05) is 0 Å². The molecule has 2 aromatic carbocycles. The maximum absolute atomic E-state index is 12.7. The summed E-state index contributed by atoms with van der Waals surface area (Å²) in [5, 5.41) is 14.8. The third kappa shape index (κ3) is 5.01. The molecule has 0 bridgehead atoms. The molecule has 166 valence electrons. The molecule has 0 saturated heterocycles. The first kappa shape index (κ1) is 22.7. The van der Waals surface area contributed by atoms with Gasteiger partial charge in [-0.3, -0.25) is 14.4 Å². The van der Waals surface area contributed by atoms with Crippen molar-refractivity contribution in [2.24, 2.45) is 0 Å². The number of β-amino-alcohol motifs (C(OH)–C–C–N with tert-alkyl or cyclic N) is 1. The van der Waals surface area contributed by atoms with Gasteiger partial charge in [0.05, 0.1) is 25.8 Å². The van der Waals surface area contributed by atoms with Crippen LogP contribution in [0.3, 0.4) is 0 Å². The van der Waals surface area contributed by atoms with Gasteiger partial charge in [-0.1, -0.05) is 18.2 Å². The Morgan fingerprint density at radius 3 is 2.38 bits per heavy atom. The number of nitrogens with one attached hydrogen (secondary N) is 2. The van der Waals surface area contributed by atoms with Crippen LogP contribution < -0.4 is 10.6 Å². The van der Waals surface area contributed by atoms with Crippen molar-refractivity contribution in [3.8, 4) is 0 Å². The van der Waals surface area contributed by atoms with Gasteiger partial charge in [0, 0.05) is 29.0 Å². The first-order chi connectivity index (χ1) is 15.3. The molecule has 2 aromatic rings. The van der Waals surface area contributed by atoms with Crippen molar-refractivity contribution in [1.29, 1.82) is 0 Å². The molecule has 9 nitrogen and oxygen atoms in total. The van der Waals surface area contributed by atoms with Gasteiger partial charge in [0.15, 0.2) is 5.78 Å². The number of hydrogen-bond acceptors (Lipinski definition) is 7.